The lowest BCUT2D eigenvalue weighted by molar-refractivity contribution is -0.230. The van der Waals surface area contributed by atoms with E-state index in [4.69, 9.17) is 33.5 Å². The predicted molar refractivity (Wildman–Crippen MR) is 77.4 cm³/mol. The summed E-state index contributed by atoms with van der Waals surface area (Å²) in [5, 5.41) is 8.88. The van der Waals surface area contributed by atoms with Crippen molar-refractivity contribution in [2.24, 2.45) is 0 Å². The standard InChI is InChI=1S/C15H28O7/c1-9(5-16)17-6-10(2)18-7-11(3)19-8-12(4)20-14-13-15(21-13)22-14/h9-16H,5-8H2,1-4H3. The molecule has 0 radical (unpaired) electrons. The Morgan fingerprint density at radius 2 is 1.36 bits per heavy atom. The fourth-order valence-corrected chi connectivity index (χ4v) is 1.96. The number of fused-ring (bicyclic) bond motifs is 1. The van der Waals surface area contributed by atoms with Crippen LogP contribution in [0.5, 0.6) is 0 Å². The van der Waals surface area contributed by atoms with Crippen molar-refractivity contribution in [2.45, 2.75) is 70.8 Å². The Morgan fingerprint density at radius 1 is 0.818 bits per heavy atom. The number of hydrogen-bond acceptors (Lipinski definition) is 7. The van der Waals surface area contributed by atoms with Crippen molar-refractivity contribution in [3.63, 3.8) is 0 Å². The summed E-state index contributed by atoms with van der Waals surface area (Å²) >= 11 is 0. The van der Waals surface area contributed by atoms with Gasteiger partial charge in [0.05, 0.1) is 50.8 Å². The van der Waals surface area contributed by atoms with Crippen molar-refractivity contribution in [1.82, 2.24) is 0 Å². The minimum atomic E-state index is -0.235. The second-order valence-corrected chi connectivity index (χ2v) is 6.03. The Kier molecular flexibility index (Phi) is 7.01. The van der Waals surface area contributed by atoms with Gasteiger partial charge in [-0.3, -0.25) is 0 Å². The van der Waals surface area contributed by atoms with Gasteiger partial charge in [-0.05, 0) is 27.7 Å². The molecule has 130 valence electrons. The van der Waals surface area contributed by atoms with Gasteiger partial charge >= 0.3 is 0 Å². The van der Waals surface area contributed by atoms with Gasteiger partial charge in [0.1, 0.15) is 0 Å². The van der Waals surface area contributed by atoms with Crippen LogP contribution in [0.4, 0.5) is 0 Å². The van der Waals surface area contributed by atoms with Gasteiger partial charge in [-0.1, -0.05) is 0 Å². The van der Waals surface area contributed by atoms with Crippen molar-refractivity contribution < 1.29 is 33.5 Å². The van der Waals surface area contributed by atoms with Gasteiger partial charge < -0.3 is 33.5 Å². The molecule has 0 saturated carbocycles. The van der Waals surface area contributed by atoms with Gasteiger partial charge in [0.2, 0.25) is 0 Å². The summed E-state index contributed by atoms with van der Waals surface area (Å²) < 4.78 is 32.8. The fourth-order valence-electron chi connectivity index (χ4n) is 1.96. The zero-order chi connectivity index (χ0) is 16.1. The number of aliphatic hydroxyl groups is 1. The van der Waals surface area contributed by atoms with E-state index in [1.165, 1.54) is 0 Å². The molecule has 2 saturated heterocycles. The summed E-state index contributed by atoms with van der Waals surface area (Å²) in [6.45, 7) is 9.09. The molecule has 0 bridgehead atoms. The lowest BCUT2D eigenvalue weighted by atomic mass is 10.3. The molecule has 7 atom stereocenters. The number of epoxide rings is 1. The molecule has 0 aromatic carbocycles. The molecule has 2 aliphatic heterocycles. The summed E-state index contributed by atoms with van der Waals surface area (Å²) in [5.41, 5.74) is 0. The quantitative estimate of drug-likeness (QED) is 0.530. The van der Waals surface area contributed by atoms with E-state index in [0.29, 0.717) is 19.8 Å². The molecule has 0 aliphatic carbocycles. The highest BCUT2D eigenvalue weighted by atomic mass is 16.9. The molecule has 0 amide bonds. The Hall–Kier alpha value is -0.280. The number of aliphatic hydroxyl groups excluding tert-OH is 1. The van der Waals surface area contributed by atoms with E-state index in [0.717, 1.165) is 0 Å². The van der Waals surface area contributed by atoms with Crippen LogP contribution in [0.3, 0.4) is 0 Å². The third kappa shape index (κ3) is 5.73. The first kappa shape index (κ1) is 18.1. The number of rotatable bonds is 12. The summed E-state index contributed by atoms with van der Waals surface area (Å²) in [6.07, 6.45) is -0.420. The molecule has 2 aliphatic rings. The molecule has 2 heterocycles. The fraction of sp³-hybridized carbons (Fsp3) is 1.00. The van der Waals surface area contributed by atoms with Crippen LogP contribution in [0.1, 0.15) is 27.7 Å². The Bertz CT molecular complexity index is 327. The highest BCUT2D eigenvalue weighted by Gasteiger charge is 2.59. The van der Waals surface area contributed by atoms with Crippen LogP contribution in [-0.4, -0.2) is 74.6 Å². The van der Waals surface area contributed by atoms with Gasteiger partial charge in [-0.15, -0.1) is 0 Å². The Labute approximate surface area is 131 Å². The average molecular weight is 320 g/mol. The summed E-state index contributed by atoms with van der Waals surface area (Å²) in [4.78, 5) is 0. The van der Waals surface area contributed by atoms with Crippen molar-refractivity contribution in [1.29, 1.82) is 0 Å². The molecule has 0 spiro atoms. The van der Waals surface area contributed by atoms with Crippen molar-refractivity contribution in [3.8, 4) is 0 Å². The van der Waals surface area contributed by atoms with Crippen LogP contribution in [-0.2, 0) is 28.4 Å². The maximum absolute atomic E-state index is 8.88. The first-order valence-corrected chi connectivity index (χ1v) is 7.91. The summed E-state index contributed by atoms with van der Waals surface area (Å²) in [6, 6.07) is 0. The molecular formula is C15H28O7. The van der Waals surface area contributed by atoms with Gasteiger partial charge in [-0.25, -0.2) is 0 Å². The SMILES string of the molecule is CC(CO)OCC(C)OCC(C)OCC(C)OC1OC2OC12. The van der Waals surface area contributed by atoms with Crippen LogP contribution >= 0.6 is 0 Å². The monoisotopic (exact) mass is 320 g/mol. The molecule has 0 aromatic rings. The largest absolute Gasteiger partial charge is 0.394 e. The van der Waals surface area contributed by atoms with Crippen LogP contribution in [0, 0.1) is 0 Å². The first-order chi connectivity index (χ1) is 10.5. The third-order valence-electron chi connectivity index (χ3n) is 3.49. The van der Waals surface area contributed by atoms with Gasteiger partial charge in [0, 0.05) is 0 Å². The van der Waals surface area contributed by atoms with Crippen LogP contribution < -0.4 is 0 Å². The minimum absolute atomic E-state index is 0.0154. The highest BCUT2D eigenvalue weighted by Crippen LogP contribution is 2.40. The third-order valence-corrected chi connectivity index (χ3v) is 3.49. The topological polar surface area (TPSA) is 78.9 Å². The van der Waals surface area contributed by atoms with E-state index in [2.05, 4.69) is 0 Å². The summed E-state index contributed by atoms with van der Waals surface area (Å²) in [5.74, 6) is 0. The highest BCUT2D eigenvalue weighted by molar-refractivity contribution is 4.90. The molecular weight excluding hydrogens is 292 g/mol. The van der Waals surface area contributed by atoms with E-state index < -0.39 is 0 Å². The van der Waals surface area contributed by atoms with Crippen LogP contribution in [0.25, 0.3) is 0 Å². The van der Waals surface area contributed by atoms with E-state index in [9.17, 15) is 0 Å². The van der Waals surface area contributed by atoms with E-state index in [1.807, 2.05) is 27.7 Å². The Balaban J connectivity index is 1.46. The molecule has 7 nitrogen and oxygen atoms in total. The van der Waals surface area contributed by atoms with Gasteiger partial charge in [-0.2, -0.15) is 0 Å². The molecule has 2 fully saturated rings. The zero-order valence-electron chi connectivity index (χ0n) is 13.8. The first-order valence-electron chi connectivity index (χ1n) is 7.91. The Morgan fingerprint density at radius 3 is 1.82 bits per heavy atom. The van der Waals surface area contributed by atoms with Crippen molar-refractivity contribution >= 4 is 0 Å². The molecule has 7 heteroatoms. The molecule has 7 unspecified atom stereocenters. The molecule has 0 aromatic heterocycles. The second kappa shape index (κ2) is 8.54. The predicted octanol–water partition coefficient (Wildman–Crippen LogP) is 0.680. The van der Waals surface area contributed by atoms with Crippen LogP contribution in [0.2, 0.25) is 0 Å². The smallest absolute Gasteiger partial charge is 0.192 e. The lowest BCUT2D eigenvalue weighted by Gasteiger charge is -2.26. The molecule has 1 N–H and O–H groups in total. The maximum atomic E-state index is 8.88. The van der Waals surface area contributed by atoms with E-state index in [1.54, 1.807) is 0 Å². The average Bonchev–Trinajstić information content (AvgIpc) is 3.16. The normalized spacial score (nSPS) is 31.8. The minimum Gasteiger partial charge on any atom is -0.394 e. The molecule has 2 rings (SSSR count). The van der Waals surface area contributed by atoms with Crippen molar-refractivity contribution in [3.05, 3.63) is 0 Å². The lowest BCUT2D eigenvalue weighted by Crippen LogP contribution is -2.39. The van der Waals surface area contributed by atoms with Crippen molar-refractivity contribution in [2.75, 3.05) is 26.4 Å². The van der Waals surface area contributed by atoms with Gasteiger partial charge in [0.25, 0.3) is 0 Å². The van der Waals surface area contributed by atoms with Crippen LogP contribution in [0.15, 0.2) is 0 Å². The summed E-state index contributed by atoms with van der Waals surface area (Å²) in [7, 11) is 0. The van der Waals surface area contributed by atoms with E-state index >= 15 is 0 Å². The van der Waals surface area contributed by atoms with E-state index in [-0.39, 0.29) is 49.7 Å². The zero-order valence-corrected chi connectivity index (χ0v) is 13.8. The van der Waals surface area contributed by atoms with Gasteiger partial charge in [0.15, 0.2) is 18.7 Å². The number of ether oxygens (including phenoxy) is 6. The molecule has 22 heavy (non-hydrogen) atoms. The maximum Gasteiger partial charge on any atom is 0.192 e. The number of hydrogen-bond donors (Lipinski definition) is 1. The second-order valence-electron chi connectivity index (χ2n) is 6.03.